The summed E-state index contributed by atoms with van der Waals surface area (Å²) in [5.41, 5.74) is 0. The molecular formula is C2H6ClNO3. The molecule has 0 aromatic heterocycles. The van der Waals surface area contributed by atoms with E-state index in [-0.39, 0.29) is 12.0 Å². The Morgan fingerprint density at radius 2 is 2.29 bits per heavy atom. The molecule has 5 heteroatoms. The van der Waals surface area contributed by atoms with Gasteiger partial charge in [0.05, 0.1) is 0 Å². The van der Waals surface area contributed by atoms with Crippen LogP contribution < -0.4 is 4.84 Å². The van der Waals surface area contributed by atoms with E-state index in [0.29, 0.717) is 0 Å². The summed E-state index contributed by atoms with van der Waals surface area (Å²) in [4.78, 5) is 11.4. The maximum Gasteiger partial charge on any atom is 0.318 e. The van der Waals surface area contributed by atoms with Gasteiger partial charge >= 0.3 is 5.97 Å². The molecule has 0 aliphatic rings. The van der Waals surface area contributed by atoms with Crippen LogP contribution in [0.25, 0.3) is 0 Å². The van der Waals surface area contributed by atoms with Crippen LogP contribution in [0, 0.1) is 0 Å². The third kappa shape index (κ3) is 10.7. The summed E-state index contributed by atoms with van der Waals surface area (Å²) in [6.45, 7) is -0.193. The topological polar surface area (TPSA) is 80.8 Å². The summed E-state index contributed by atoms with van der Waals surface area (Å²) in [5, 5.41) is 7.77. The van der Waals surface area contributed by atoms with E-state index in [4.69, 9.17) is 16.9 Å². The lowest BCUT2D eigenvalue weighted by molar-refractivity contribution is -0.135. The molecule has 4 N–H and O–H groups in total. The highest BCUT2D eigenvalue weighted by Crippen LogP contribution is 1.59. The Bertz CT molecular complexity index is 56.9. The van der Waals surface area contributed by atoms with Gasteiger partial charge < -0.3 is 10.6 Å². The van der Waals surface area contributed by atoms with Gasteiger partial charge in [0.25, 0.3) is 0 Å². The Hall–Kier alpha value is -0.320. The minimum atomic E-state index is -0.954. The minimum Gasteiger partial charge on any atom is -0.480 e. The molecule has 7 heavy (non-hydrogen) atoms. The second kappa shape index (κ2) is 5.68. The number of aliphatic carboxylic acids is 1. The molecule has 4 nitrogen and oxygen atoms in total. The van der Waals surface area contributed by atoms with Gasteiger partial charge in [-0.2, -0.15) is 0 Å². The molecule has 0 aliphatic heterocycles. The first-order chi connectivity index (χ1) is 2.77. The van der Waals surface area contributed by atoms with Crippen molar-refractivity contribution in [1.29, 1.82) is 0 Å². The fourth-order valence-electron chi connectivity index (χ4n) is 0.0572. The Labute approximate surface area is 45.5 Å². The van der Waals surface area contributed by atoms with E-state index in [1.54, 1.807) is 0 Å². The zero-order valence-electron chi connectivity index (χ0n) is 3.44. The zero-order chi connectivity index (χ0) is 4.99. The van der Waals surface area contributed by atoms with Crippen LogP contribution in [0.4, 0.5) is 0 Å². The lowest BCUT2D eigenvalue weighted by atomic mass is 10.7. The number of halogens is 1. The first-order valence-electron chi connectivity index (χ1n) is 1.32. The number of hydrogen-bond donors (Lipinski definition) is 2. The van der Waals surface area contributed by atoms with Crippen molar-refractivity contribution in [3.8, 4) is 0 Å². The molecular weight excluding hydrogens is 121 g/mol. The van der Waals surface area contributed by atoms with E-state index in [1.165, 1.54) is 0 Å². The van der Waals surface area contributed by atoms with Gasteiger partial charge in [-0.25, -0.2) is 4.84 Å². The number of rotatable bonds is 2. The van der Waals surface area contributed by atoms with Crippen LogP contribution in [0.3, 0.4) is 0 Å². The third-order valence-corrected chi connectivity index (χ3v) is 0.352. The van der Waals surface area contributed by atoms with E-state index in [1.807, 2.05) is 4.84 Å². The molecule has 0 bridgehead atoms. The van der Waals surface area contributed by atoms with Crippen molar-refractivity contribution in [2.24, 2.45) is 0 Å². The quantitative estimate of drug-likeness (QED) is 0.467. The summed E-state index contributed by atoms with van der Waals surface area (Å²) in [6.07, 6.45) is 0. The van der Waals surface area contributed by atoms with Crippen molar-refractivity contribution in [2.75, 3.05) is 6.54 Å². The number of carboxylic acid groups (broad SMARTS) is 1. The number of carbonyl (C=O) groups is 1. The van der Waals surface area contributed by atoms with Crippen LogP contribution in [0.2, 0.25) is 0 Å². The van der Waals surface area contributed by atoms with Gasteiger partial charge in [-0.05, 0) is 11.8 Å². The molecule has 44 valence electrons. The van der Waals surface area contributed by atoms with Crippen LogP contribution in [-0.4, -0.2) is 23.1 Å². The molecule has 0 amide bonds. The zero-order valence-corrected chi connectivity index (χ0v) is 4.20. The molecule has 0 heterocycles. The number of nitrogens with one attached hydrogen (secondary N) is 1. The van der Waals surface area contributed by atoms with Crippen molar-refractivity contribution in [2.45, 2.75) is 0 Å². The fourth-order valence-corrected chi connectivity index (χ4v) is 0.171. The molecule has 0 rings (SSSR count). The summed E-state index contributed by atoms with van der Waals surface area (Å²) in [7, 11) is 0. The van der Waals surface area contributed by atoms with Gasteiger partial charge in [-0.1, -0.05) is 0 Å². The van der Waals surface area contributed by atoms with E-state index in [0.717, 1.165) is 0 Å². The maximum absolute atomic E-state index is 9.45. The largest absolute Gasteiger partial charge is 0.480 e. The Balaban J connectivity index is 0. The van der Waals surface area contributed by atoms with Crippen LogP contribution in [0.1, 0.15) is 0 Å². The third-order valence-electron chi connectivity index (χ3n) is 0.218. The maximum atomic E-state index is 9.45. The van der Waals surface area contributed by atoms with E-state index in [9.17, 15) is 4.79 Å². The predicted octanol–water partition coefficient (Wildman–Crippen LogP) is -1.01. The molecule has 0 aromatic rings. The number of hydrogen-bond acceptors (Lipinski definition) is 2. The monoisotopic (exact) mass is 127 g/mol. The Kier molecular flexibility index (Phi) is 7.98. The standard InChI is InChI=1S/C2H4ClNO2.H2O/c3-4-1-2(5)6;/h4H,1H2,(H,5,6);1H2. The van der Waals surface area contributed by atoms with Crippen molar-refractivity contribution in [1.82, 2.24) is 4.84 Å². The van der Waals surface area contributed by atoms with Gasteiger partial charge in [0.15, 0.2) is 0 Å². The Morgan fingerprint density at radius 3 is 2.29 bits per heavy atom. The summed E-state index contributed by atoms with van der Waals surface area (Å²) < 4.78 is 0. The van der Waals surface area contributed by atoms with Gasteiger partial charge in [-0.3, -0.25) is 4.79 Å². The molecule has 0 unspecified atom stereocenters. The molecule has 0 aromatic carbocycles. The fraction of sp³-hybridized carbons (Fsp3) is 0.500. The highest BCUT2D eigenvalue weighted by molar-refractivity contribution is 6.14. The SMILES string of the molecule is O.O=C(O)CNCl. The summed E-state index contributed by atoms with van der Waals surface area (Å²) in [5.74, 6) is -0.954. The van der Waals surface area contributed by atoms with Crippen molar-refractivity contribution in [3.05, 3.63) is 0 Å². The summed E-state index contributed by atoms with van der Waals surface area (Å²) >= 11 is 4.77. The number of carboxylic acids is 1. The normalized spacial score (nSPS) is 7.00. The molecule has 0 radical (unpaired) electrons. The predicted molar refractivity (Wildman–Crippen MR) is 25.1 cm³/mol. The second-order valence-corrected chi connectivity index (χ2v) is 0.971. The minimum absolute atomic E-state index is 0. The van der Waals surface area contributed by atoms with Crippen LogP contribution in [0.15, 0.2) is 0 Å². The van der Waals surface area contributed by atoms with Gasteiger partial charge in [0.2, 0.25) is 0 Å². The first kappa shape index (κ1) is 9.84. The molecule has 0 aliphatic carbocycles. The van der Waals surface area contributed by atoms with Crippen LogP contribution in [-0.2, 0) is 4.79 Å². The molecule has 0 saturated carbocycles. The second-order valence-electron chi connectivity index (χ2n) is 0.704. The van der Waals surface area contributed by atoms with Crippen molar-refractivity contribution >= 4 is 17.7 Å². The lowest BCUT2D eigenvalue weighted by Gasteiger charge is -1.81. The molecule has 0 fully saturated rings. The highest BCUT2D eigenvalue weighted by atomic mass is 35.5. The molecule has 0 spiro atoms. The average Bonchev–Trinajstić information content (AvgIpc) is 1.35. The highest BCUT2D eigenvalue weighted by Gasteiger charge is 1.87. The van der Waals surface area contributed by atoms with Crippen LogP contribution in [0.5, 0.6) is 0 Å². The Morgan fingerprint density at radius 1 is 1.86 bits per heavy atom. The molecule has 0 saturated heterocycles. The first-order valence-corrected chi connectivity index (χ1v) is 1.70. The smallest absolute Gasteiger partial charge is 0.318 e. The van der Waals surface area contributed by atoms with Crippen molar-refractivity contribution in [3.63, 3.8) is 0 Å². The summed E-state index contributed by atoms with van der Waals surface area (Å²) in [6, 6.07) is 0. The van der Waals surface area contributed by atoms with Crippen LogP contribution >= 0.6 is 11.8 Å². The lowest BCUT2D eigenvalue weighted by Crippen LogP contribution is -2.12. The molecule has 0 atom stereocenters. The van der Waals surface area contributed by atoms with Crippen molar-refractivity contribution < 1.29 is 15.4 Å². The van der Waals surface area contributed by atoms with Gasteiger partial charge in [0, 0.05) is 0 Å². The van der Waals surface area contributed by atoms with E-state index >= 15 is 0 Å². The van der Waals surface area contributed by atoms with E-state index < -0.39 is 5.97 Å². The van der Waals surface area contributed by atoms with E-state index in [2.05, 4.69) is 0 Å². The van der Waals surface area contributed by atoms with Gasteiger partial charge in [0.1, 0.15) is 6.54 Å². The van der Waals surface area contributed by atoms with Gasteiger partial charge in [-0.15, -0.1) is 0 Å². The average molecular weight is 128 g/mol.